The minimum Gasteiger partial charge on any atom is -0.480 e. The summed E-state index contributed by atoms with van der Waals surface area (Å²) in [6.07, 6.45) is 0.298. The topological polar surface area (TPSA) is 63.3 Å². The molecule has 0 bridgehead atoms. The van der Waals surface area contributed by atoms with Gasteiger partial charge in [0.2, 0.25) is 0 Å². The van der Waals surface area contributed by atoms with Crippen molar-refractivity contribution in [3.63, 3.8) is 0 Å². The lowest BCUT2D eigenvalue weighted by molar-refractivity contribution is -0.138. The first kappa shape index (κ1) is 15.0. The predicted molar refractivity (Wildman–Crippen MR) is 70.7 cm³/mol. The van der Waals surface area contributed by atoms with Gasteiger partial charge in [-0.25, -0.2) is 0 Å². The van der Waals surface area contributed by atoms with Gasteiger partial charge in [0, 0.05) is 8.59 Å². The van der Waals surface area contributed by atoms with E-state index >= 15 is 0 Å². The standard InChI is InChI=1S/C9H9ClINO2.ClH/c10-6-1-5(2-7(11)4-6)3-8(12)9(13)14;/h1-2,4,8H,3,12H2,(H,13,14);1H/t8-;/m0./s1. The number of carboxylic acids is 1. The molecule has 0 saturated carbocycles. The van der Waals surface area contributed by atoms with Gasteiger partial charge in [-0.2, -0.15) is 0 Å². The molecule has 6 heteroatoms. The van der Waals surface area contributed by atoms with Crippen LogP contribution in [0.4, 0.5) is 0 Å². The van der Waals surface area contributed by atoms with Crippen molar-refractivity contribution in [3.8, 4) is 0 Å². The molecule has 0 aromatic heterocycles. The Kier molecular flexibility index (Phi) is 6.51. The minimum absolute atomic E-state index is 0. The van der Waals surface area contributed by atoms with Gasteiger partial charge in [0.05, 0.1) is 0 Å². The Bertz CT molecular complexity index is 340. The molecule has 0 saturated heterocycles. The molecule has 1 rings (SSSR count). The first-order valence-electron chi connectivity index (χ1n) is 3.92. The van der Waals surface area contributed by atoms with Crippen LogP contribution in [-0.4, -0.2) is 17.1 Å². The van der Waals surface area contributed by atoms with Crippen molar-refractivity contribution in [2.24, 2.45) is 5.73 Å². The molecule has 0 radical (unpaired) electrons. The van der Waals surface area contributed by atoms with E-state index < -0.39 is 12.0 Å². The number of hydrogen-bond acceptors (Lipinski definition) is 2. The Labute approximate surface area is 113 Å². The fourth-order valence-corrected chi connectivity index (χ4v) is 2.25. The molecule has 1 aromatic rings. The van der Waals surface area contributed by atoms with Gasteiger partial charge in [-0.05, 0) is 52.8 Å². The molecule has 0 aliphatic carbocycles. The van der Waals surface area contributed by atoms with E-state index in [0.717, 1.165) is 9.13 Å². The molecule has 0 aliphatic heterocycles. The lowest BCUT2D eigenvalue weighted by Crippen LogP contribution is -2.32. The number of aliphatic carboxylic acids is 1. The van der Waals surface area contributed by atoms with Gasteiger partial charge in [0.25, 0.3) is 0 Å². The van der Waals surface area contributed by atoms with Crippen LogP contribution < -0.4 is 5.73 Å². The summed E-state index contributed by atoms with van der Waals surface area (Å²) in [6.45, 7) is 0. The maximum Gasteiger partial charge on any atom is 0.320 e. The number of carbonyl (C=O) groups is 1. The molecule has 3 N–H and O–H groups in total. The van der Waals surface area contributed by atoms with Crippen LogP contribution in [0.1, 0.15) is 5.56 Å². The number of rotatable bonds is 3. The van der Waals surface area contributed by atoms with Crippen LogP contribution in [0.2, 0.25) is 5.02 Å². The second-order valence-electron chi connectivity index (χ2n) is 2.93. The van der Waals surface area contributed by atoms with Crippen LogP contribution >= 0.6 is 46.6 Å². The third kappa shape index (κ3) is 5.01. The van der Waals surface area contributed by atoms with Crippen molar-refractivity contribution in [1.82, 2.24) is 0 Å². The first-order valence-corrected chi connectivity index (χ1v) is 5.38. The van der Waals surface area contributed by atoms with Crippen molar-refractivity contribution >= 4 is 52.6 Å². The van der Waals surface area contributed by atoms with E-state index in [0.29, 0.717) is 11.4 Å². The van der Waals surface area contributed by atoms with Crippen LogP contribution in [0.3, 0.4) is 0 Å². The van der Waals surface area contributed by atoms with Crippen LogP contribution in [0.25, 0.3) is 0 Å². The van der Waals surface area contributed by atoms with Crippen molar-refractivity contribution < 1.29 is 9.90 Å². The Balaban J connectivity index is 0.00000196. The van der Waals surface area contributed by atoms with Crippen LogP contribution in [0.5, 0.6) is 0 Å². The first-order chi connectivity index (χ1) is 6.49. The van der Waals surface area contributed by atoms with E-state index in [1.54, 1.807) is 12.1 Å². The SMILES string of the molecule is Cl.N[C@@H](Cc1cc(Cl)cc(I)c1)C(=O)O. The van der Waals surface area contributed by atoms with E-state index in [1.807, 2.05) is 6.07 Å². The van der Waals surface area contributed by atoms with Crippen molar-refractivity contribution in [3.05, 3.63) is 32.4 Å². The van der Waals surface area contributed by atoms with Crippen molar-refractivity contribution in [2.75, 3.05) is 0 Å². The van der Waals surface area contributed by atoms with Gasteiger partial charge in [0.15, 0.2) is 0 Å². The molecule has 0 aliphatic rings. The molecular formula is C9H10Cl2INO2. The summed E-state index contributed by atoms with van der Waals surface area (Å²) in [7, 11) is 0. The highest BCUT2D eigenvalue weighted by Crippen LogP contribution is 2.17. The summed E-state index contributed by atoms with van der Waals surface area (Å²) in [5.74, 6) is -1.00. The molecule has 0 fully saturated rings. The van der Waals surface area contributed by atoms with Gasteiger partial charge in [-0.1, -0.05) is 11.6 Å². The molecule has 0 amide bonds. The average molecular weight is 362 g/mol. The van der Waals surface area contributed by atoms with Gasteiger partial charge in [-0.3, -0.25) is 4.79 Å². The fraction of sp³-hybridized carbons (Fsp3) is 0.222. The maximum atomic E-state index is 10.5. The van der Waals surface area contributed by atoms with Gasteiger partial charge in [0.1, 0.15) is 6.04 Å². The average Bonchev–Trinajstić information content (AvgIpc) is 2.01. The number of hydrogen-bond donors (Lipinski definition) is 2. The largest absolute Gasteiger partial charge is 0.480 e. The highest BCUT2D eigenvalue weighted by atomic mass is 127. The molecule has 1 aromatic carbocycles. The smallest absolute Gasteiger partial charge is 0.320 e. The second-order valence-corrected chi connectivity index (χ2v) is 4.61. The second kappa shape index (κ2) is 6.52. The Hall–Kier alpha value is -0.0400. The third-order valence-corrected chi connectivity index (χ3v) is 2.54. The lowest BCUT2D eigenvalue weighted by atomic mass is 10.1. The highest BCUT2D eigenvalue weighted by molar-refractivity contribution is 14.1. The summed E-state index contributed by atoms with van der Waals surface area (Å²) in [5.41, 5.74) is 6.25. The van der Waals surface area contributed by atoms with Gasteiger partial charge >= 0.3 is 5.97 Å². The molecule has 15 heavy (non-hydrogen) atoms. The number of benzene rings is 1. The van der Waals surface area contributed by atoms with Crippen LogP contribution in [0, 0.1) is 3.57 Å². The Morgan fingerprint density at radius 3 is 2.60 bits per heavy atom. The zero-order chi connectivity index (χ0) is 10.7. The van der Waals surface area contributed by atoms with Crippen LogP contribution in [-0.2, 0) is 11.2 Å². The summed E-state index contributed by atoms with van der Waals surface area (Å²) < 4.78 is 0.975. The van der Waals surface area contributed by atoms with Gasteiger partial charge in [-0.15, -0.1) is 12.4 Å². The summed E-state index contributed by atoms with van der Waals surface area (Å²) in [6, 6.07) is 4.53. The molecule has 3 nitrogen and oxygen atoms in total. The monoisotopic (exact) mass is 361 g/mol. The predicted octanol–water partition coefficient (Wildman–Crippen LogP) is 2.32. The maximum absolute atomic E-state index is 10.5. The fourth-order valence-electron chi connectivity index (χ4n) is 1.07. The Morgan fingerprint density at radius 1 is 1.53 bits per heavy atom. The summed E-state index contributed by atoms with van der Waals surface area (Å²) in [4.78, 5) is 10.5. The minimum atomic E-state index is -1.00. The summed E-state index contributed by atoms with van der Waals surface area (Å²) in [5, 5.41) is 9.22. The number of halogens is 3. The molecule has 84 valence electrons. The normalized spacial score (nSPS) is 11.7. The van der Waals surface area contributed by atoms with Crippen molar-refractivity contribution in [2.45, 2.75) is 12.5 Å². The lowest BCUT2D eigenvalue weighted by Gasteiger charge is -2.07. The summed E-state index contributed by atoms with van der Waals surface area (Å²) >= 11 is 7.94. The van der Waals surface area contributed by atoms with Crippen LogP contribution in [0.15, 0.2) is 18.2 Å². The molecule has 1 atom stereocenters. The molecular weight excluding hydrogens is 352 g/mol. The highest BCUT2D eigenvalue weighted by Gasteiger charge is 2.12. The van der Waals surface area contributed by atoms with E-state index in [4.69, 9.17) is 22.4 Å². The molecule has 0 spiro atoms. The van der Waals surface area contributed by atoms with Gasteiger partial charge < -0.3 is 10.8 Å². The van der Waals surface area contributed by atoms with Crippen molar-refractivity contribution in [1.29, 1.82) is 0 Å². The van der Waals surface area contributed by atoms with E-state index in [-0.39, 0.29) is 12.4 Å². The third-order valence-electron chi connectivity index (χ3n) is 1.70. The molecule has 0 heterocycles. The molecule has 0 unspecified atom stereocenters. The number of nitrogens with two attached hydrogens (primary N) is 1. The Morgan fingerprint density at radius 2 is 2.13 bits per heavy atom. The zero-order valence-electron chi connectivity index (χ0n) is 7.61. The van der Waals surface area contributed by atoms with E-state index in [1.165, 1.54) is 0 Å². The van der Waals surface area contributed by atoms with E-state index in [9.17, 15) is 4.79 Å². The quantitative estimate of drug-likeness (QED) is 0.812. The zero-order valence-corrected chi connectivity index (χ0v) is 11.3. The van der Waals surface area contributed by atoms with E-state index in [2.05, 4.69) is 22.6 Å². The number of carboxylic acid groups (broad SMARTS) is 1.